The number of benzene rings is 1. The first-order chi connectivity index (χ1) is 8.45. The molecule has 1 N–H and O–H groups in total. The van der Waals surface area contributed by atoms with Crippen molar-refractivity contribution in [2.75, 3.05) is 13.2 Å². The van der Waals surface area contributed by atoms with Crippen LogP contribution in [0, 0.1) is 10.1 Å². The number of hydrogen-bond acceptors (Lipinski definition) is 5. The molecule has 0 atom stereocenters. The van der Waals surface area contributed by atoms with E-state index in [4.69, 9.17) is 14.6 Å². The van der Waals surface area contributed by atoms with Crippen LogP contribution >= 0.6 is 31.9 Å². The number of fused-ring (bicyclic) bond motifs is 1. The van der Waals surface area contributed by atoms with Crippen LogP contribution in [0.1, 0.15) is 10.4 Å². The number of nitrogens with zero attached hydrogens (tertiary/aromatic N) is 1. The van der Waals surface area contributed by atoms with Crippen molar-refractivity contribution in [2.45, 2.75) is 0 Å². The monoisotopic (exact) mass is 381 g/mol. The zero-order valence-electron chi connectivity index (χ0n) is 8.61. The minimum atomic E-state index is -1.26. The van der Waals surface area contributed by atoms with Crippen LogP contribution in [-0.4, -0.2) is 29.2 Å². The third-order valence-electron chi connectivity index (χ3n) is 2.24. The summed E-state index contributed by atoms with van der Waals surface area (Å²) in [6.45, 7) is 0.263. The quantitative estimate of drug-likeness (QED) is 0.623. The molecule has 0 aromatic heterocycles. The first-order valence-electron chi connectivity index (χ1n) is 4.63. The smallest absolute Gasteiger partial charge is 0.340 e. The Bertz CT molecular complexity index is 510. The van der Waals surface area contributed by atoms with Crippen LogP contribution < -0.4 is 9.47 Å². The molecule has 0 saturated carbocycles. The van der Waals surface area contributed by atoms with Gasteiger partial charge >= 0.3 is 11.7 Å². The molecule has 0 fully saturated rings. The molecule has 1 aromatic rings. The summed E-state index contributed by atoms with van der Waals surface area (Å²) in [7, 11) is 0. The Kier molecular flexibility index (Phi) is 3.44. The second-order valence-corrected chi connectivity index (χ2v) is 4.86. The van der Waals surface area contributed by atoms with E-state index < -0.39 is 10.9 Å². The van der Waals surface area contributed by atoms with E-state index in [1.54, 1.807) is 0 Å². The number of halogens is 2. The van der Waals surface area contributed by atoms with Crippen LogP contribution in [-0.2, 0) is 0 Å². The third kappa shape index (κ3) is 1.93. The molecular formula is C9H5Br2NO6. The Morgan fingerprint density at radius 1 is 1.22 bits per heavy atom. The van der Waals surface area contributed by atoms with Gasteiger partial charge in [-0.05, 0) is 31.9 Å². The summed E-state index contributed by atoms with van der Waals surface area (Å²) in [6.07, 6.45) is 0. The largest absolute Gasteiger partial charge is 0.485 e. The number of nitro groups is 1. The van der Waals surface area contributed by atoms with Gasteiger partial charge in [0.15, 0.2) is 5.75 Å². The van der Waals surface area contributed by atoms with Crippen LogP contribution in [0.5, 0.6) is 11.5 Å². The van der Waals surface area contributed by atoms with Crippen molar-refractivity contribution in [1.29, 1.82) is 0 Å². The molecule has 0 unspecified atom stereocenters. The van der Waals surface area contributed by atoms with Gasteiger partial charge in [-0.3, -0.25) is 10.1 Å². The number of rotatable bonds is 2. The van der Waals surface area contributed by atoms with Gasteiger partial charge in [0, 0.05) is 0 Å². The lowest BCUT2D eigenvalue weighted by Crippen LogP contribution is -2.19. The van der Waals surface area contributed by atoms with Crippen LogP contribution in [0.25, 0.3) is 0 Å². The molecule has 1 aliphatic heterocycles. The fraction of sp³-hybridized carbons (Fsp3) is 0.222. The molecule has 0 aliphatic carbocycles. The fourth-order valence-corrected chi connectivity index (χ4v) is 2.61. The van der Waals surface area contributed by atoms with Gasteiger partial charge in [0.05, 0.1) is 9.40 Å². The number of hydrogen-bond donors (Lipinski definition) is 1. The lowest BCUT2D eigenvalue weighted by atomic mass is 10.1. The minimum absolute atomic E-state index is 0.00847. The number of carboxylic acids is 1. The highest BCUT2D eigenvalue weighted by Crippen LogP contribution is 2.50. The Balaban J connectivity index is 2.85. The number of carbonyl (C=O) groups is 1. The average molecular weight is 383 g/mol. The number of aromatic carboxylic acids is 1. The maximum atomic E-state index is 11.2. The Hall–Kier alpha value is -1.35. The van der Waals surface area contributed by atoms with Gasteiger partial charge in [0.1, 0.15) is 23.2 Å². The number of carboxylic acid groups (broad SMARTS) is 1. The SMILES string of the molecule is O=C(O)c1c(Br)c(Br)c([N+](=O)[O-])c2c1OCCO2. The normalized spacial score (nSPS) is 13.2. The first kappa shape index (κ1) is 13.1. The van der Waals surface area contributed by atoms with E-state index in [1.807, 2.05) is 0 Å². The van der Waals surface area contributed by atoms with Gasteiger partial charge in [-0.15, -0.1) is 0 Å². The zero-order valence-corrected chi connectivity index (χ0v) is 11.8. The van der Waals surface area contributed by atoms with Gasteiger partial charge in [-0.1, -0.05) is 0 Å². The molecule has 1 aromatic carbocycles. The summed E-state index contributed by atoms with van der Waals surface area (Å²) in [4.78, 5) is 21.5. The van der Waals surface area contributed by atoms with Crippen molar-refractivity contribution in [3.8, 4) is 11.5 Å². The lowest BCUT2D eigenvalue weighted by molar-refractivity contribution is -0.387. The molecule has 0 amide bonds. The van der Waals surface area contributed by atoms with Crippen molar-refractivity contribution in [2.24, 2.45) is 0 Å². The van der Waals surface area contributed by atoms with Gasteiger partial charge in [-0.25, -0.2) is 4.79 Å². The molecule has 9 heteroatoms. The molecule has 18 heavy (non-hydrogen) atoms. The average Bonchev–Trinajstić information content (AvgIpc) is 2.29. The molecule has 2 rings (SSSR count). The summed E-state index contributed by atoms with van der Waals surface area (Å²) >= 11 is 6.00. The van der Waals surface area contributed by atoms with E-state index in [9.17, 15) is 14.9 Å². The molecule has 1 heterocycles. The predicted octanol–water partition coefficient (Wildman–Crippen LogP) is 2.59. The molecule has 0 spiro atoms. The summed E-state index contributed by atoms with van der Waals surface area (Å²) in [5, 5.41) is 20.1. The van der Waals surface area contributed by atoms with Crippen molar-refractivity contribution >= 4 is 43.5 Å². The van der Waals surface area contributed by atoms with Crippen LogP contribution in [0.15, 0.2) is 8.95 Å². The van der Waals surface area contributed by atoms with Gasteiger partial charge in [0.2, 0.25) is 5.75 Å². The Morgan fingerprint density at radius 3 is 2.28 bits per heavy atom. The van der Waals surface area contributed by atoms with Crippen LogP contribution in [0.3, 0.4) is 0 Å². The van der Waals surface area contributed by atoms with Crippen LogP contribution in [0.2, 0.25) is 0 Å². The number of ether oxygens (including phenoxy) is 2. The van der Waals surface area contributed by atoms with Gasteiger partial charge in [-0.2, -0.15) is 0 Å². The van der Waals surface area contributed by atoms with Gasteiger partial charge < -0.3 is 14.6 Å². The maximum Gasteiger partial charge on any atom is 0.340 e. The van der Waals surface area contributed by atoms with Crippen molar-refractivity contribution in [3.05, 3.63) is 24.6 Å². The predicted molar refractivity (Wildman–Crippen MR) is 66.4 cm³/mol. The molecule has 7 nitrogen and oxygen atoms in total. The second kappa shape index (κ2) is 4.73. The van der Waals surface area contributed by atoms with E-state index in [0.717, 1.165) is 0 Å². The fourth-order valence-electron chi connectivity index (χ4n) is 1.55. The van der Waals surface area contributed by atoms with Crippen molar-refractivity contribution < 1.29 is 24.3 Å². The van der Waals surface area contributed by atoms with Gasteiger partial charge in [0.25, 0.3) is 0 Å². The van der Waals surface area contributed by atoms with Crippen LogP contribution in [0.4, 0.5) is 5.69 Å². The second-order valence-electron chi connectivity index (χ2n) is 3.27. The molecule has 0 radical (unpaired) electrons. The summed E-state index contributed by atoms with van der Waals surface area (Å²) < 4.78 is 10.4. The van der Waals surface area contributed by atoms with E-state index in [-0.39, 0.29) is 44.9 Å². The highest BCUT2D eigenvalue weighted by atomic mass is 79.9. The Labute approximate surface area is 117 Å². The Morgan fingerprint density at radius 2 is 1.78 bits per heavy atom. The molecule has 0 bridgehead atoms. The summed E-state index contributed by atoms with van der Waals surface area (Å²) in [5.74, 6) is -1.56. The maximum absolute atomic E-state index is 11.2. The van der Waals surface area contributed by atoms with Crippen molar-refractivity contribution in [1.82, 2.24) is 0 Å². The minimum Gasteiger partial charge on any atom is -0.485 e. The van der Waals surface area contributed by atoms with E-state index in [2.05, 4.69) is 31.9 Å². The third-order valence-corrected chi connectivity index (χ3v) is 4.34. The topological polar surface area (TPSA) is 98.9 Å². The highest BCUT2D eigenvalue weighted by Gasteiger charge is 2.35. The molecule has 96 valence electrons. The summed E-state index contributed by atoms with van der Waals surface area (Å²) in [5.41, 5.74) is -0.566. The van der Waals surface area contributed by atoms with E-state index >= 15 is 0 Å². The van der Waals surface area contributed by atoms with E-state index in [1.165, 1.54) is 0 Å². The van der Waals surface area contributed by atoms with Crippen molar-refractivity contribution in [3.63, 3.8) is 0 Å². The zero-order chi connectivity index (χ0) is 13.4. The number of nitro benzene ring substituents is 1. The summed E-state index contributed by atoms with van der Waals surface area (Å²) in [6, 6.07) is 0. The van der Waals surface area contributed by atoms with E-state index in [0.29, 0.717) is 0 Å². The first-order valence-corrected chi connectivity index (χ1v) is 6.22. The highest BCUT2D eigenvalue weighted by molar-refractivity contribution is 9.13. The molecular weight excluding hydrogens is 378 g/mol. The molecule has 1 aliphatic rings. The standard InChI is InChI=1S/C9H5Br2NO6/c10-4-3(9(13)14)7-8(18-2-1-17-7)6(5(4)11)12(15)16/h1-2H2,(H,13,14). The lowest BCUT2D eigenvalue weighted by Gasteiger charge is -2.21. The molecule has 0 saturated heterocycles.